The van der Waals surface area contributed by atoms with Crippen molar-refractivity contribution >= 4 is 0 Å². The molecule has 3 heteroatoms. The fourth-order valence-corrected chi connectivity index (χ4v) is 1.29. The van der Waals surface area contributed by atoms with Crippen LogP contribution in [0, 0.1) is 0 Å². The molecule has 78 valence electrons. The van der Waals surface area contributed by atoms with Gasteiger partial charge in [-0.3, -0.25) is 0 Å². The van der Waals surface area contributed by atoms with Gasteiger partial charge in [0, 0.05) is 11.4 Å². The van der Waals surface area contributed by atoms with E-state index < -0.39 is 0 Å². The Hall–Kier alpha value is -0.960. The fourth-order valence-electron chi connectivity index (χ4n) is 1.29. The van der Waals surface area contributed by atoms with Crippen LogP contribution in [0.5, 0.6) is 0 Å². The van der Waals surface area contributed by atoms with Gasteiger partial charge in [0.2, 0.25) is 0 Å². The van der Waals surface area contributed by atoms with E-state index in [1.165, 1.54) is 0 Å². The summed E-state index contributed by atoms with van der Waals surface area (Å²) in [7, 11) is 0. The normalized spacial score (nSPS) is 10.5. The van der Waals surface area contributed by atoms with Crippen LogP contribution in [-0.4, -0.2) is 16.5 Å². The van der Waals surface area contributed by atoms with Crippen molar-refractivity contribution in [2.24, 2.45) is 0 Å². The Morgan fingerprint density at radius 1 is 1.07 bits per heavy atom. The molecule has 0 amide bonds. The zero-order valence-corrected chi connectivity index (χ0v) is 9.30. The molecule has 0 aliphatic carbocycles. The molecule has 0 bridgehead atoms. The molecule has 1 aromatic rings. The van der Waals surface area contributed by atoms with E-state index in [2.05, 4.69) is 42.1 Å². The summed E-state index contributed by atoms with van der Waals surface area (Å²) < 4.78 is 0. The topological polar surface area (TPSA) is 37.8 Å². The summed E-state index contributed by atoms with van der Waals surface area (Å²) in [6.45, 7) is 8.07. The van der Waals surface area contributed by atoms with Crippen LogP contribution in [-0.2, 0) is 19.4 Å². The minimum absolute atomic E-state index is 0.775. The van der Waals surface area contributed by atoms with Crippen LogP contribution in [0.25, 0.3) is 0 Å². The highest BCUT2D eigenvalue weighted by Gasteiger charge is 2.01. The van der Waals surface area contributed by atoms with Crippen LogP contribution in [0.3, 0.4) is 0 Å². The van der Waals surface area contributed by atoms with E-state index in [1.54, 1.807) is 0 Å². The first-order chi connectivity index (χ1) is 6.80. The zero-order chi connectivity index (χ0) is 10.4. The third-order valence-electron chi connectivity index (χ3n) is 2.14. The van der Waals surface area contributed by atoms with Gasteiger partial charge in [-0.05, 0) is 25.5 Å². The maximum Gasteiger partial charge on any atom is 0.142 e. The molecule has 0 radical (unpaired) electrons. The summed E-state index contributed by atoms with van der Waals surface area (Å²) in [5.74, 6) is 0.919. The molecule has 0 saturated carbocycles. The summed E-state index contributed by atoms with van der Waals surface area (Å²) in [5, 5.41) is 3.24. The van der Waals surface area contributed by atoms with Crippen molar-refractivity contribution < 1.29 is 0 Å². The van der Waals surface area contributed by atoms with E-state index in [4.69, 9.17) is 0 Å². The largest absolute Gasteiger partial charge is 0.310 e. The van der Waals surface area contributed by atoms with Gasteiger partial charge in [0.25, 0.3) is 0 Å². The SMILES string of the molecule is CCNCc1nc(CC)cc(CC)n1. The van der Waals surface area contributed by atoms with Crippen molar-refractivity contribution in [3.63, 3.8) is 0 Å². The van der Waals surface area contributed by atoms with E-state index in [0.29, 0.717) is 0 Å². The first kappa shape index (κ1) is 11.1. The standard InChI is InChI=1S/C11H19N3/c1-4-9-7-10(5-2)14-11(13-9)8-12-6-3/h7,12H,4-6,8H2,1-3H3. The third kappa shape index (κ3) is 3.07. The quantitative estimate of drug-likeness (QED) is 0.773. The fraction of sp³-hybridized carbons (Fsp3) is 0.636. The summed E-state index contributed by atoms with van der Waals surface area (Å²) in [6.07, 6.45) is 1.96. The van der Waals surface area contributed by atoms with E-state index in [1.807, 2.05) is 0 Å². The van der Waals surface area contributed by atoms with E-state index in [0.717, 1.165) is 43.1 Å². The van der Waals surface area contributed by atoms with E-state index in [-0.39, 0.29) is 0 Å². The highest BCUT2D eigenvalue weighted by atomic mass is 15.0. The summed E-state index contributed by atoms with van der Waals surface area (Å²) in [4.78, 5) is 8.93. The lowest BCUT2D eigenvalue weighted by atomic mass is 10.2. The second-order valence-electron chi connectivity index (χ2n) is 3.25. The van der Waals surface area contributed by atoms with Crippen molar-refractivity contribution in [1.29, 1.82) is 0 Å². The predicted octanol–water partition coefficient (Wildman–Crippen LogP) is 1.71. The molecule has 14 heavy (non-hydrogen) atoms. The summed E-state index contributed by atoms with van der Waals surface area (Å²) in [5.41, 5.74) is 2.29. The molecule has 0 spiro atoms. The van der Waals surface area contributed by atoms with Crippen LogP contribution in [0.4, 0.5) is 0 Å². The molecule has 0 aromatic carbocycles. The molecule has 0 fully saturated rings. The lowest BCUT2D eigenvalue weighted by Gasteiger charge is -2.05. The average molecular weight is 193 g/mol. The molecule has 0 unspecified atom stereocenters. The van der Waals surface area contributed by atoms with Crippen molar-refractivity contribution in [2.45, 2.75) is 40.2 Å². The smallest absolute Gasteiger partial charge is 0.142 e. The predicted molar refractivity (Wildman–Crippen MR) is 58.2 cm³/mol. The van der Waals surface area contributed by atoms with Gasteiger partial charge in [-0.2, -0.15) is 0 Å². The second kappa shape index (κ2) is 5.70. The van der Waals surface area contributed by atoms with E-state index >= 15 is 0 Å². The van der Waals surface area contributed by atoms with Gasteiger partial charge < -0.3 is 5.32 Å². The minimum Gasteiger partial charge on any atom is -0.310 e. The van der Waals surface area contributed by atoms with Gasteiger partial charge in [0.1, 0.15) is 5.82 Å². The number of nitrogens with zero attached hydrogens (tertiary/aromatic N) is 2. The molecule has 1 rings (SSSR count). The van der Waals surface area contributed by atoms with Crippen LogP contribution in [0.15, 0.2) is 6.07 Å². The highest BCUT2D eigenvalue weighted by molar-refractivity contribution is 5.11. The average Bonchev–Trinajstić information content (AvgIpc) is 2.25. The zero-order valence-electron chi connectivity index (χ0n) is 9.30. The third-order valence-corrected chi connectivity index (χ3v) is 2.14. The van der Waals surface area contributed by atoms with Crippen molar-refractivity contribution in [1.82, 2.24) is 15.3 Å². The first-order valence-corrected chi connectivity index (χ1v) is 5.36. The first-order valence-electron chi connectivity index (χ1n) is 5.36. The van der Waals surface area contributed by atoms with Gasteiger partial charge in [0.05, 0.1) is 6.54 Å². The number of rotatable bonds is 5. The minimum atomic E-state index is 0.775. The molecule has 1 aromatic heterocycles. The molecule has 0 saturated heterocycles. The van der Waals surface area contributed by atoms with E-state index in [9.17, 15) is 0 Å². The van der Waals surface area contributed by atoms with Crippen LogP contribution < -0.4 is 5.32 Å². The lowest BCUT2D eigenvalue weighted by Crippen LogP contribution is -2.15. The summed E-state index contributed by atoms with van der Waals surface area (Å²) in [6, 6.07) is 2.09. The maximum absolute atomic E-state index is 4.46. The van der Waals surface area contributed by atoms with Crippen molar-refractivity contribution in [3.8, 4) is 0 Å². The number of hydrogen-bond donors (Lipinski definition) is 1. The second-order valence-corrected chi connectivity index (χ2v) is 3.25. The van der Waals surface area contributed by atoms with Gasteiger partial charge in [-0.15, -0.1) is 0 Å². The number of aromatic nitrogens is 2. The number of hydrogen-bond acceptors (Lipinski definition) is 3. The van der Waals surface area contributed by atoms with Gasteiger partial charge in [-0.1, -0.05) is 20.8 Å². The monoisotopic (exact) mass is 193 g/mol. The van der Waals surface area contributed by atoms with Gasteiger partial charge >= 0.3 is 0 Å². The van der Waals surface area contributed by atoms with Crippen LogP contribution >= 0.6 is 0 Å². The van der Waals surface area contributed by atoms with Crippen LogP contribution in [0.1, 0.15) is 38.0 Å². The Morgan fingerprint density at radius 3 is 2.07 bits per heavy atom. The molecule has 0 aliphatic heterocycles. The molecular formula is C11H19N3. The molecule has 1 heterocycles. The summed E-state index contributed by atoms with van der Waals surface area (Å²) >= 11 is 0. The van der Waals surface area contributed by atoms with Gasteiger partial charge in [0.15, 0.2) is 0 Å². The Morgan fingerprint density at radius 2 is 1.64 bits per heavy atom. The maximum atomic E-state index is 4.46. The van der Waals surface area contributed by atoms with Crippen LogP contribution in [0.2, 0.25) is 0 Å². The molecule has 1 N–H and O–H groups in total. The number of aryl methyl sites for hydroxylation is 2. The van der Waals surface area contributed by atoms with Gasteiger partial charge in [-0.25, -0.2) is 9.97 Å². The molecule has 3 nitrogen and oxygen atoms in total. The highest BCUT2D eigenvalue weighted by Crippen LogP contribution is 2.03. The molecule has 0 atom stereocenters. The lowest BCUT2D eigenvalue weighted by molar-refractivity contribution is 0.679. The molecular weight excluding hydrogens is 174 g/mol. The number of nitrogens with one attached hydrogen (secondary N) is 1. The Kier molecular flexibility index (Phi) is 4.53. The Labute approximate surface area is 86.0 Å². The Bertz CT molecular complexity index is 262. The van der Waals surface area contributed by atoms with Crippen molar-refractivity contribution in [2.75, 3.05) is 6.54 Å². The Balaban J connectivity index is 2.81. The molecule has 0 aliphatic rings. The van der Waals surface area contributed by atoms with Crippen molar-refractivity contribution in [3.05, 3.63) is 23.3 Å².